The van der Waals surface area contributed by atoms with Crippen LogP contribution in [0, 0.1) is 0 Å². The Morgan fingerprint density at radius 1 is 0.540 bits per heavy atom. The molecule has 0 aliphatic heterocycles. The van der Waals surface area contributed by atoms with Gasteiger partial charge in [-0.05, 0) is 84.2 Å². The van der Waals surface area contributed by atoms with Crippen molar-refractivity contribution in [2.75, 3.05) is 18.5 Å². The van der Waals surface area contributed by atoms with Crippen molar-refractivity contribution < 1.29 is 0 Å². The molecule has 0 amide bonds. The van der Waals surface area contributed by atoms with Crippen LogP contribution in [0.4, 0.5) is 5.69 Å². The van der Waals surface area contributed by atoms with Gasteiger partial charge in [0.25, 0.3) is 0 Å². The third-order valence-electron chi connectivity index (χ3n) is 10.0. The van der Waals surface area contributed by atoms with Crippen molar-refractivity contribution in [3.63, 3.8) is 0 Å². The summed E-state index contributed by atoms with van der Waals surface area (Å²) in [7, 11) is 2.17. The second-order valence-electron chi connectivity index (χ2n) is 13.0. The number of hydrogen-bond acceptors (Lipinski definition) is 4. The minimum Gasteiger partial charge on any atom is -0.374 e. The number of tetrazole rings is 1. The van der Waals surface area contributed by atoms with E-state index in [1.807, 2.05) is 4.80 Å². The maximum atomic E-state index is 5.05. The second-order valence-corrected chi connectivity index (χ2v) is 13.0. The van der Waals surface area contributed by atoms with Crippen LogP contribution in [0.25, 0.3) is 65.6 Å². The van der Waals surface area contributed by atoms with Gasteiger partial charge in [0, 0.05) is 30.2 Å². The molecule has 0 fully saturated rings. The average molecular weight is 646 g/mol. The van der Waals surface area contributed by atoms with Gasteiger partial charge in [-0.1, -0.05) is 146 Å². The molecule has 1 heterocycles. The van der Waals surface area contributed by atoms with Crippen LogP contribution in [0.15, 0.2) is 164 Å². The van der Waals surface area contributed by atoms with E-state index in [0.29, 0.717) is 5.82 Å². The van der Waals surface area contributed by atoms with Crippen LogP contribution in [0.1, 0.15) is 18.0 Å². The quantitative estimate of drug-likeness (QED) is 0.165. The van der Waals surface area contributed by atoms with Gasteiger partial charge in [0.2, 0.25) is 5.82 Å². The monoisotopic (exact) mass is 645 g/mol. The highest BCUT2D eigenvalue weighted by atomic mass is 15.6. The van der Waals surface area contributed by atoms with Crippen LogP contribution in [-0.2, 0) is 0 Å². The Labute approximate surface area is 291 Å². The first kappa shape index (κ1) is 29.8. The Bertz CT molecular complexity index is 2640. The molecule has 9 aromatic rings. The molecule has 5 heteroatoms. The first-order valence-corrected chi connectivity index (χ1v) is 17.2. The van der Waals surface area contributed by atoms with E-state index in [1.54, 1.807) is 0 Å². The Morgan fingerprint density at radius 3 is 1.88 bits per heavy atom. The predicted octanol–water partition coefficient (Wildman–Crippen LogP) is 10.7. The van der Waals surface area contributed by atoms with Gasteiger partial charge in [0.05, 0.1) is 0 Å². The fourth-order valence-corrected chi connectivity index (χ4v) is 7.39. The Balaban J connectivity index is 1.09. The summed E-state index contributed by atoms with van der Waals surface area (Å²) in [6.07, 6.45) is 0.796. The summed E-state index contributed by atoms with van der Waals surface area (Å²) >= 11 is 0. The summed E-state index contributed by atoms with van der Waals surface area (Å²) in [4.78, 5) is 4.16. The summed E-state index contributed by atoms with van der Waals surface area (Å²) in [5.41, 5.74) is 5.82. The molecule has 9 rings (SSSR count). The van der Waals surface area contributed by atoms with Crippen molar-refractivity contribution in [1.29, 1.82) is 0 Å². The van der Waals surface area contributed by atoms with Crippen molar-refractivity contribution in [2.24, 2.45) is 0 Å². The number of aromatic nitrogens is 4. The molecule has 5 nitrogen and oxygen atoms in total. The van der Waals surface area contributed by atoms with Crippen LogP contribution < -0.4 is 4.90 Å². The lowest BCUT2D eigenvalue weighted by molar-refractivity contribution is 0.429. The van der Waals surface area contributed by atoms with E-state index < -0.39 is 0 Å². The topological polar surface area (TPSA) is 46.8 Å². The Hall–Kier alpha value is -6.33. The van der Waals surface area contributed by atoms with Crippen LogP contribution in [0.3, 0.4) is 0 Å². The third kappa shape index (κ3) is 5.43. The average Bonchev–Trinajstić information content (AvgIpc) is 3.67. The number of anilines is 1. The standard InChI is InChI=1S/C45H35N5/c1-49(44-22-10-16-33-13-4-7-19-41(33)44)28-27-43(50-47-45(46-48-50)42-21-9-15-32-12-3-6-18-39(32)42)37-26-24-34-29-36(25-23-35(34)30-37)40-20-8-14-31-11-2-5-17-38(31)40/h2-26,29-30,43H,27-28H2,1H3. The molecule has 8 aromatic carbocycles. The van der Waals surface area contributed by atoms with Crippen LogP contribution in [0.2, 0.25) is 0 Å². The minimum atomic E-state index is -0.120. The van der Waals surface area contributed by atoms with E-state index in [1.165, 1.54) is 49.1 Å². The first-order chi connectivity index (χ1) is 24.7. The first-order valence-electron chi connectivity index (χ1n) is 17.2. The van der Waals surface area contributed by atoms with Gasteiger partial charge in [0.15, 0.2) is 0 Å². The second kappa shape index (κ2) is 12.6. The fraction of sp³-hybridized carbons (Fsp3) is 0.0889. The molecular weight excluding hydrogens is 611 g/mol. The summed E-state index contributed by atoms with van der Waals surface area (Å²) < 4.78 is 0. The van der Waals surface area contributed by atoms with Gasteiger partial charge in [-0.25, -0.2) is 0 Å². The van der Waals surface area contributed by atoms with Crippen molar-refractivity contribution >= 4 is 48.8 Å². The minimum absolute atomic E-state index is 0.120. The predicted molar refractivity (Wildman–Crippen MR) is 208 cm³/mol. The largest absolute Gasteiger partial charge is 0.374 e. The molecule has 0 bridgehead atoms. The van der Waals surface area contributed by atoms with E-state index in [4.69, 9.17) is 5.10 Å². The van der Waals surface area contributed by atoms with Crippen LogP contribution in [-0.4, -0.2) is 33.8 Å². The third-order valence-corrected chi connectivity index (χ3v) is 10.0. The summed E-state index contributed by atoms with van der Waals surface area (Å²) in [5.74, 6) is 0.634. The van der Waals surface area contributed by atoms with Gasteiger partial charge >= 0.3 is 0 Å². The molecule has 0 radical (unpaired) electrons. The number of rotatable bonds is 8. The van der Waals surface area contributed by atoms with Crippen LogP contribution >= 0.6 is 0 Å². The zero-order chi connectivity index (χ0) is 33.4. The number of fused-ring (bicyclic) bond motifs is 4. The Kier molecular flexibility index (Phi) is 7.51. The van der Waals surface area contributed by atoms with E-state index in [-0.39, 0.29) is 6.04 Å². The number of nitrogens with zero attached hydrogens (tertiary/aromatic N) is 5. The molecule has 0 spiro atoms. The molecule has 0 aliphatic carbocycles. The molecule has 0 saturated carbocycles. The normalized spacial score (nSPS) is 12.2. The Morgan fingerprint density at radius 2 is 1.12 bits per heavy atom. The maximum Gasteiger partial charge on any atom is 0.205 e. The highest BCUT2D eigenvalue weighted by molar-refractivity contribution is 5.99. The molecule has 50 heavy (non-hydrogen) atoms. The molecular formula is C45H35N5. The lowest BCUT2D eigenvalue weighted by atomic mass is 9.94. The van der Waals surface area contributed by atoms with Crippen molar-refractivity contribution in [3.05, 3.63) is 169 Å². The van der Waals surface area contributed by atoms with Crippen LogP contribution in [0.5, 0.6) is 0 Å². The summed E-state index contributed by atoms with van der Waals surface area (Å²) in [6, 6.07) is 58.3. The van der Waals surface area contributed by atoms with E-state index in [2.05, 4.69) is 186 Å². The zero-order valence-electron chi connectivity index (χ0n) is 27.8. The molecule has 1 unspecified atom stereocenters. The molecule has 0 aliphatic rings. The lowest BCUT2D eigenvalue weighted by Gasteiger charge is -2.24. The van der Waals surface area contributed by atoms with Crippen molar-refractivity contribution in [2.45, 2.75) is 12.5 Å². The van der Waals surface area contributed by atoms with Crippen molar-refractivity contribution in [1.82, 2.24) is 20.2 Å². The van der Waals surface area contributed by atoms with E-state index >= 15 is 0 Å². The van der Waals surface area contributed by atoms with Gasteiger partial charge in [-0.15, -0.1) is 10.2 Å². The summed E-state index contributed by atoms with van der Waals surface area (Å²) in [5, 5.41) is 24.0. The van der Waals surface area contributed by atoms with Crippen molar-refractivity contribution in [3.8, 4) is 22.5 Å². The zero-order valence-corrected chi connectivity index (χ0v) is 27.8. The number of hydrogen-bond donors (Lipinski definition) is 0. The SMILES string of the molecule is CN(CCC(c1ccc2cc(-c3cccc4ccccc34)ccc2c1)n1nnc(-c2cccc3ccccc23)n1)c1cccc2ccccc12. The fourth-order valence-electron chi connectivity index (χ4n) is 7.39. The molecule has 0 N–H and O–H groups in total. The molecule has 1 atom stereocenters. The molecule has 0 saturated heterocycles. The summed E-state index contributed by atoms with van der Waals surface area (Å²) in [6.45, 7) is 0.807. The van der Waals surface area contributed by atoms with E-state index in [9.17, 15) is 0 Å². The molecule has 1 aromatic heterocycles. The van der Waals surface area contributed by atoms with E-state index in [0.717, 1.165) is 34.9 Å². The highest BCUT2D eigenvalue weighted by Crippen LogP contribution is 2.34. The van der Waals surface area contributed by atoms with Gasteiger partial charge in [-0.2, -0.15) is 4.80 Å². The number of benzene rings is 8. The van der Waals surface area contributed by atoms with Gasteiger partial charge < -0.3 is 4.90 Å². The highest BCUT2D eigenvalue weighted by Gasteiger charge is 2.21. The lowest BCUT2D eigenvalue weighted by Crippen LogP contribution is -2.24. The molecule has 240 valence electrons. The van der Waals surface area contributed by atoms with Gasteiger partial charge in [-0.3, -0.25) is 0 Å². The smallest absolute Gasteiger partial charge is 0.205 e. The maximum absolute atomic E-state index is 5.05. The van der Waals surface area contributed by atoms with Gasteiger partial charge in [0.1, 0.15) is 6.04 Å².